The summed E-state index contributed by atoms with van der Waals surface area (Å²) in [6, 6.07) is 0. The number of carbonyl (C=O) groups is 1. The molecule has 2 aromatic heterocycles. The molecule has 0 saturated carbocycles. The molecule has 1 amide bonds. The van der Waals surface area contributed by atoms with Crippen LogP contribution in [0, 0.1) is 0 Å². The molecule has 2 rings (SSSR count). The highest BCUT2D eigenvalue weighted by Gasteiger charge is 2.21. The normalized spacial score (nSPS) is 11.5. The Morgan fingerprint density at radius 3 is 3.06 bits per heavy atom. The van der Waals surface area contributed by atoms with Crippen LogP contribution in [0.2, 0.25) is 0 Å². The molecule has 6 heteroatoms. The Morgan fingerprint density at radius 1 is 1.65 bits per heavy atom. The van der Waals surface area contributed by atoms with Gasteiger partial charge in [0.1, 0.15) is 16.9 Å². The van der Waals surface area contributed by atoms with Crippen molar-refractivity contribution in [2.45, 2.75) is 6.92 Å². The van der Waals surface area contributed by atoms with Gasteiger partial charge in [0.15, 0.2) is 0 Å². The summed E-state index contributed by atoms with van der Waals surface area (Å²) in [5.74, 6) is -0.190. The topological polar surface area (TPSA) is 46.8 Å². The molecular weight excluding hydrogens is 238 g/mol. The zero-order chi connectivity index (χ0) is 12.4. The molecule has 0 aliphatic carbocycles. The van der Waals surface area contributed by atoms with Crippen LogP contribution < -0.4 is 0 Å². The average Bonchev–Trinajstić information content (AvgIpc) is 2.87. The molecular formula is C11H13N3O2S. The number of carbonyl (C=O) groups excluding carboxylic acids is 1. The van der Waals surface area contributed by atoms with Crippen LogP contribution in [-0.4, -0.2) is 34.5 Å². The zero-order valence-corrected chi connectivity index (χ0v) is 10.7. The van der Waals surface area contributed by atoms with Crippen LogP contribution >= 0.6 is 11.3 Å². The summed E-state index contributed by atoms with van der Waals surface area (Å²) in [7, 11) is 3.05. The lowest BCUT2D eigenvalue weighted by atomic mass is 10.3. The molecule has 0 spiro atoms. The molecule has 0 radical (unpaired) electrons. The van der Waals surface area contributed by atoms with E-state index in [4.69, 9.17) is 4.84 Å². The van der Waals surface area contributed by atoms with Gasteiger partial charge in [-0.2, -0.15) is 0 Å². The van der Waals surface area contributed by atoms with E-state index < -0.39 is 0 Å². The van der Waals surface area contributed by atoms with Crippen molar-refractivity contribution in [3.05, 3.63) is 29.2 Å². The van der Waals surface area contributed by atoms with Gasteiger partial charge >= 0.3 is 0 Å². The molecule has 0 unspecified atom stereocenters. The van der Waals surface area contributed by atoms with Crippen molar-refractivity contribution in [1.29, 1.82) is 0 Å². The first kappa shape index (κ1) is 11.8. The largest absolute Gasteiger partial charge is 0.295 e. The number of hydrogen-bond acceptors (Lipinski definition) is 4. The number of fused-ring (bicyclic) bond motifs is 1. The van der Waals surface area contributed by atoms with E-state index in [9.17, 15) is 4.79 Å². The van der Waals surface area contributed by atoms with Crippen molar-refractivity contribution in [3.8, 4) is 0 Å². The Bertz CT molecular complexity index is 570. The van der Waals surface area contributed by atoms with Crippen LogP contribution in [0.4, 0.5) is 0 Å². The summed E-state index contributed by atoms with van der Waals surface area (Å²) in [5, 5.41) is 1.20. The number of nitrogens with zero attached hydrogens (tertiary/aromatic N) is 3. The van der Waals surface area contributed by atoms with Gasteiger partial charge in [-0.25, -0.2) is 10.0 Å². The summed E-state index contributed by atoms with van der Waals surface area (Å²) >= 11 is 1.52. The molecule has 0 aromatic carbocycles. The fourth-order valence-electron chi connectivity index (χ4n) is 1.51. The van der Waals surface area contributed by atoms with Crippen molar-refractivity contribution in [2.24, 2.45) is 0 Å². The number of hydrogen-bond donors (Lipinski definition) is 0. The van der Waals surface area contributed by atoms with Crippen molar-refractivity contribution in [2.75, 3.05) is 14.2 Å². The lowest BCUT2D eigenvalue weighted by Gasteiger charge is -2.13. The minimum Gasteiger partial charge on any atom is -0.284 e. The number of amides is 1. The SMILES string of the molecule is C/C=C/c1sc2cncn2c1C(=O)N(C)OC. The maximum absolute atomic E-state index is 12.2. The monoisotopic (exact) mass is 251 g/mol. The van der Waals surface area contributed by atoms with E-state index in [1.54, 1.807) is 24.0 Å². The van der Waals surface area contributed by atoms with Crippen LogP contribution in [0.25, 0.3) is 10.9 Å². The van der Waals surface area contributed by atoms with Gasteiger partial charge in [0, 0.05) is 7.05 Å². The third-order valence-corrected chi connectivity index (χ3v) is 3.43. The molecule has 0 fully saturated rings. The van der Waals surface area contributed by atoms with Gasteiger partial charge in [-0.15, -0.1) is 11.3 Å². The summed E-state index contributed by atoms with van der Waals surface area (Å²) in [6.07, 6.45) is 7.19. The molecule has 0 bridgehead atoms. The van der Waals surface area contributed by atoms with Gasteiger partial charge in [0.2, 0.25) is 0 Å². The first-order valence-electron chi connectivity index (χ1n) is 5.08. The quantitative estimate of drug-likeness (QED) is 0.784. The molecule has 0 aliphatic heterocycles. The van der Waals surface area contributed by atoms with Crippen molar-refractivity contribution in [1.82, 2.24) is 14.4 Å². The number of thiazole rings is 1. The molecule has 0 N–H and O–H groups in total. The number of allylic oxidation sites excluding steroid dienone is 1. The van der Waals surface area contributed by atoms with E-state index in [0.29, 0.717) is 5.69 Å². The van der Waals surface area contributed by atoms with E-state index in [1.807, 2.05) is 19.1 Å². The Morgan fingerprint density at radius 2 is 2.41 bits per heavy atom. The Balaban J connectivity index is 2.59. The molecule has 17 heavy (non-hydrogen) atoms. The number of hydroxylamine groups is 2. The fraction of sp³-hybridized carbons (Fsp3) is 0.273. The smallest absolute Gasteiger partial charge is 0.284 e. The molecule has 90 valence electrons. The standard InChI is InChI=1S/C11H13N3O2S/c1-4-5-8-10(11(15)13(2)16-3)14-7-12-6-9(14)17-8/h4-7H,1-3H3/b5-4+. The molecule has 2 aromatic rings. The van der Waals surface area contributed by atoms with Crippen LogP contribution in [-0.2, 0) is 4.84 Å². The summed E-state index contributed by atoms with van der Waals surface area (Å²) in [6.45, 7) is 1.92. The maximum atomic E-state index is 12.2. The number of imidazole rings is 1. The third-order valence-electron chi connectivity index (χ3n) is 2.37. The molecule has 2 heterocycles. The maximum Gasteiger partial charge on any atom is 0.295 e. The van der Waals surface area contributed by atoms with Crippen LogP contribution in [0.15, 0.2) is 18.6 Å². The molecule has 5 nitrogen and oxygen atoms in total. The summed E-state index contributed by atoms with van der Waals surface area (Å²) in [5.41, 5.74) is 0.574. The van der Waals surface area contributed by atoms with E-state index in [-0.39, 0.29) is 5.91 Å². The Hall–Kier alpha value is -1.66. The average molecular weight is 251 g/mol. The predicted octanol–water partition coefficient (Wildman–Crippen LogP) is 2.06. The highest BCUT2D eigenvalue weighted by molar-refractivity contribution is 7.18. The van der Waals surface area contributed by atoms with Gasteiger partial charge in [-0.3, -0.25) is 14.0 Å². The van der Waals surface area contributed by atoms with Crippen LogP contribution in [0.5, 0.6) is 0 Å². The van der Waals surface area contributed by atoms with E-state index in [2.05, 4.69) is 4.98 Å². The predicted molar refractivity (Wildman–Crippen MR) is 66.9 cm³/mol. The summed E-state index contributed by atoms with van der Waals surface area (Å²) in [4.78, 5) is 23.0. The fourth-order valence-corrected chi connectivity index (χ4v) is 2.57. The van der Waals surface area contributed by atoms with Crippen molar-refractivity contribution in [3.63, 3.8) is 0 Å². The van der Waals surface area contributed by atoms with E-state index in [1.165, 1.54) is 23.5 Å². The molecule has 0 atom stereocenters. The Kier molecular flexibility index (Phi) is 3.26. The zero-order valence-electron chi connectivity index (χ0n) is 9.88. The number of rotatable bonds is 3. The lowest BCUT2D eigenvalue weighted by Crippen LogP contribution is -2.27. The second-order valence-electron chi connectivity index (χ2n) is 3.40. The van der Waals surface area contributed by atoms with Crippen LogP contribution in [0.1, 0.15) is 22.3 Å². The lowest BCUT2D eigenvalue weighted by molar-refractivity contribution is -0.0761. The van der Waals surface area contributed by atoms with E-state index >= 15 is 0 Å². The van der Waals surface area contributed by atoms with Gasteiger partial charge in [-0.1, -0.05) is 6.08 Å². The highest BCUT2D eigenvalue weighted by atomic mass is 32.1. The highest BCUT2D eigenvalue weighted by Crippen LogP contribution is 2.25. The van der Waals surface area contributed by atoms with Gasteiger partial charge in [0.25, 0.3) is 5.91 Å². The molecule has 0 aliphatic rings. The number of aromatic nitrogens is 2. The van der Waals surface area contributed by atoms with Crippen molar-refractivity contribution >= 4 is 28.2 Å². The van der Waals surface area contributed by atoms with Gasteiger partial charge in [-0.05, 0) is 13.0 Å². The minimum absolute atomic E-state index is 0.190. The van der Waals surface area contributed by atoms with Crippen molar-refractivity contribution < 1.29 is 9.63 Å². The summed E-state index contributed by atoms with van der Waals surface area (Å²) < 4.78 is 1.78. The third kappa shape index (κ3) is 1.96. The first-order valence-corrected chi connectivity index (χ1v) is 5.90. The second kappa shape index (κ2) is 4.68. The van der Waals surface area contributed by atoms with Crippen LogP contribution in [0.3, 0.4) is 0 Å². The van der Waals surface area contributed by atoms with Gasteiger partial charge < -0.3 is 0 Å². The minimum atomic E-state index is -0.190. The first-order chi connectivity index (χ1) is 8.19. The second-order valence-corrected chi connectivity index (χ2v) is 4.46. The Labute approximate surface area is 103 Å². The van der Waals surface area contributed by atoms with E-state index in [0.717, 1.165) is 9.71 Å². The molecule has 0 saturated heterocycles. The van der Waals surface area contributed by atoms with Gasteiger partial charge in [0.05, 0.1) is 18.2 Å².